The van der Waals surface area contributed by atoms with Gasteiger partial charge in [0, 0.05) is 26.5 Å². The van der Waals surface area contributed by atoms with E-state index in [1.807, 2.05) is 25.1 Å². The zero-order chi connectivity index (χ0) is 15.7. The van der Waals surface area contributed by atoms with Crippen LogP contribution in [0, 0.1) is 6.92 Å². The number of nitrogens with two attached hydrogens (primary N) is 1. The monoisotopic (exact) mass is 332 g/mol. The second-order valence-corrected chi connectivity index (χ2v) is 4.66. The molecular formula is C15H25ClN2O4. The third kappa shape index (κ3) is 7.09. The fourth-order valence-electron chi connectivity index (χ4n) is 1.78. The molecule has 1 rings (SSSR count). The van der Waals surface area contributed by atoms with Gasteiger partial charge in [-0.1, -0.05) is 0 Å². The summed E-state index contributed by atoms with van der Waals surface area (Å²) >= 11 is 0. The lowest BCUT2D eigenvalue weighted by Gasteiger charge is -2.14. The van der Waals surface area contributed by atoms with Crippen molar-refractivity contribution in [2.45, 2.75) is 19.4 Å². The van der Waals surface area contributed by atoms with Gasteiger partial charge in [0.2, 0.25) is 5.91 Å². The van der Waals surface area contributed by atoms with E-state index in [9.17, 15) is 4.79 Å². The van der Waals surface area contributed by atoms with Crippen LogP contribution in [-0.2, 0) is 14.3 Å². The average Bonchev–Trinajstić information content (AvgIpc) is 2.47. The smallest absolute Gasteiger partial charge is 0.227 e. The predicted octanol–water partition coefficient (Wildman–Crippen LogP) is 1.74. The molecule has 1 unspecified atom stereocenters. The molecule has 22 heavy (non-hydrogen) atoms. The number of nitrogens with one attached hydrogen (secondary N) is 1. The van der Waals surface area contributed by atoms with Crippen molar-refractivity contribution in [1.82, 2.24) is 0 Å². The van der Waals surface area contributed by atoms with Crippen LogP contribution < -0.4 is 15.8 Å². The van der Waals surface area contributed by atoms with Crippen LogP contribution in [0.1, 0.15) is 12.0 Å². The highest BCUT2D eigenvalue weighted by molar-refractivity contribution is 5.91. The molecule has 1 aromatic carbocycles. The normalized spacial score (nSPS) is 11.5. The molecular weight excluding hydrogens is 308 g/mol. The minimum atomic E-state index is -0.262. The van der Waals surface area contributed by atoms with Crippen molar-refractivity contribution in [1.29, 1.82) is 0 Å². The summed E-state index contributed by atoms with van der Waals surface area (Å²) in [5, 5.41) is 2.85. The number of aryl methyl sites for hydroxylation is 1. The summed E-state index contributed by atoms with van der Waals surface area (Å²) in [6.45, 7) is 3.26. The van der Waals surface area contributed by atoms with E-state index in [0.717, 1.165) is 17.0 Å². The predicted molar refractivity (Wildman–Crippen MR) is 88.9 cm³/mol. The van der Waals surface area contributed by atoms with Crippen LogP contribution in [0.3, 0.4) is 0 Å². The van der Waals surface area contributed by atoms with Crippen LogP contribution >= 0.6 is 12.4 Å². The summed E-state index contributed by atoms with van der Waals surface area (Å²) in [4.78, 5) is 11.9. The molecule has 0 aliphatic rings. The van der Waals surface area contributed by atoms with Crippen LogP contribution in [-0.4, -0.2) is 46.0 Å². The standard InChI is InChI=1S/C15H24N2O4.ClH/c1-11-8-12(21-7-6-19-2)4-5-14(11)17-15(18)9-13(10-16)20-3;/h4-5,8,13H,6-7,9-10,16H2,1-3H3,(H,17,18);1H. The van der Waals surface area contributed by atoms with Crippen molar-refractivity contribution in [2.24, 2.45) is 5.73 Å². The molecule has 3 N–H and O–H groups in total. The number of methoxy groups -OCH3 is 2. The molecule has 1 aromatic rings. The number of rotatable bonds is 9. The maximum absolute atomic E-state index is 11.9. The Hall–Kier alpha value is -1.34. The maximum Gasteiger partial charge on any atom is 0.227 e. The number of benzene rings is 1. The first-order valence-corrected chi connectivity index (χ1v) is 6.85. The third-order valence-electron chi connectivity index (χ3n) is 3.04. The van der Waals surface area contributed by atoms with E-state index >= 15 is 0 Å². The van der Waals surface area contributed by atoms with E-state index < -0.39 is 0 Å². The van der Waals surface area contributed by atoms with Crippen molar-refractivity contribution in [3.63, 3.8) is 0 Å². The van der Waals surface area contributed by atoms with E-state index in [1.165, 1.54) is 0 Å². The molecule has 126 valence electrons. The summed E-state index contributed by atoms with van der Waals surface area (Å²) < 4.78 is 15.5. The van der Waals surface area contributed by atoms with Crippen molar-refractivity contribution in [3.8, 4) is 5.75 Å². The van der Waals surface area contributed by atoms with Gasteiger partial charge < -0.3 is 25.3 Å². The lowest BCUT2D eigenvalue weighted by atomic mass is 10.1. The first kappa shape index (κ1) is 20.7. The summed E-state index contributed by atoms with van der Waals surface area (Å²) in [7, 11) is 3.17. The molecule has 6 nitrogen and oxygen atoms in total. The van der Waals surface area contributed by atoms with E-state index in [4.69, 9.17) is 19.9 Å². The van der Waals surface area contributed by atoms with E-state index in [1.54, 1.807) is 14.2 Å². The number of ether oxygens (including phenoxy) is 3. The molecule has 0 saturated carbocycles. The molecule has 0 bridgehead atoms. The lowest BCUT2D eigenvalue weighted by molar-refractivity contribution is -0.118. The van der Waals surface area contributed by atoms with E-state index in [-0.39, 0.29) is 30.8 Å². The first-order valence-electron chi connectivity index (χ1n) is 6.85. The van der Waals surface area contributed by atoms with Crippen LogP contribution in [0.15, 0.2) is 18.2 Å². The average molecular weight is 333 g/mol. The molecule has 7 heteroatoms. The minimum Gasteiger partial charge on any atom is -0.491 e. The largest absolute Gasteiger partial charge is 0.491 e. The van der Waals surface area contributed by atoms with Crippen molar-refractivity contribution < 1.29 is 19.0 Å². The molecule has 1 atom stereocenters. The maximum atomic E-state index is 11.9. The number of amides is 1. The van der Waals surface area contributed by atoms with Gasteiger partial charge in [-0.2, -0.15) is 0 Å². The minimum absolute atomic E-state index is 0. The van der Waals surface area contributed by atoms with Crippen LogP contribution in [0.2, 0.25) is 0 Å². The van der Waals surface area contributed by atoms with Gasteiger partial charge in [0.1, 0.15) is 12.4 Å². The number of carbonyl (C=O) groups excluding carboxylic acids is 1. The lowest BCUT2D eigenvalue weighted by Crippen LogP contribution is -2.28. The topological polar surface area (TPSA) is 82.8 Å². The number of halogens is 1. The van der Waals surface area contributed by atoms with Gasteiger partial charge in [0.05, 0.1) is 19.1 Å². The van der Waals surface area contributed by atoms with Gasteiger partial charge in [0.25, 0.3) is 0 Å². The van der Waals surface area contributed by atoms with E-state index in [2.05, 4.69) is 5.32 Å². The number of hydrogen-bond acceptors (Lipinski definition) is 5. The highest BCUT2D eigenvalue weighted by Gasteiger charge is 2.12. The number of anilines is 1. The third-order valence-corrected chi connectivity index (χ3v) is 3.04. The Morgan fingerprint density at radius 1 is 1.32 bits per heavy atom. The summed E-state index contributed by atoms with van der Waals surface area (Å²) in [6.07, 6.45) is -0.0274. The molecule has 0 aromatic heterocycles. The van der Waals surface area contributed by atoms with Crippen molar-refractivity contribution >= 4 is 24.0 Å². The zero-order valence-corrected chi connectivity index (χ0v) is 14.1. The quantitative estimate of drug-likeness (QED) is 0.673. The molecule has 0 spiro atoms. The van der Waals surface area contributed by atoms with Gasteiger partial charge in [-0.15, -0.1) is 12.4 Å². The number of carbonyl (C=O) groups is 1. The summed E-state index contributed by atoms with van der Waals surface area (Å²) in [5.74, 6) is 0.628. The second-order valence-electron chi connectivity index (χ2n) is 4.66. The molecule has 0 radical (unpaired) electrons. The summed E-state index contributed by atoms with van der Waals surface area (Å²) in [6, 6.07) is 5.51. The molecule has 0 aliphatic heterocycles. The molecule has 0 fully saturated rings. The molecule has 0 aliphatic carbocycles. The molecule has 0 saturated heterocycles. The van der Waals surface area contributed by atoms with E-state index in [0.29, 0.717) is 19.8 Å². The highest BCUT2D eigenvalue weighted by Crippen LogP contribution is 2.21. The van der Waals surface area contributed by atoms with Crippen LogP contribution in [0.4, 0.5) is 5.69 Å². The Morgan fingerprint density at radius 2 is 2.05 bits per heavy atom. The fourth-order valence-corrected chi connectivity index (χ4v) is 1.78. The number of hydrogen-bond donors (Lipinski definition) is 2. The van der Waals surface area contributed by atoms with Gasteiger partial charge in [0.15, 0.2) is 0 Å². The van der Waals surface area contributed by atoms with Gasteiger partial charge in [-0.05, 0) is 30.7 Å². The second kappa shape index (κ2) is 11.3. The highest BCUT2D eigenvalue weighted by atomic mass is 35.5. The zero-order valence-electron chi connectivity index (χ0n) is 13.3. The fraction of sp³-hybridized carbons (Fsp3) is 0.533. The SMILES string of the molecule is COCCOc1ccc(NC(=O)CC(CN)OC)c(C)c1.Cl. The van der Waals surface area contributed by atoms with Crippen molar-refractivity contribution in [2.75, 3.05) is 39.3 Å². The Morgan fingerprint density at radius 3 is 2.59 bits per heavy atom. The molecule has 1 amide bonds. The molecule has 0 heterocycles. The van der Waals surface area contributed by atoms with Gasteiger partial charge in [-0.3, -0.25) is 4.79 Å². The Kier molecular flexibility index (Phi) is 10.6. The van der Waals surface area contributed by atoms with Crippen LogP contribution in [0.5, 0.6) is 5.75 Å². The Bertz CT molecular complexity index is 453. The van der Waals surface area contributed by atoms with Gasteiger partial charge >= 0.3 is 0 Å². The van der Waals surface area contributed by atoms with Crippen molar-refractivity contribution in [3.05, 3.63) is 23.8 Å². The summed E-state index contributed by atoms with van der Waals surface area (Å²) in [5.41, 5.74) is 7.19. The Labute approximate surface area is 137 Å². The first-order chi connectivity index (χ1) is 10.1. The van der Waals surface area contributed by atoms with Crippen LogP contribution in [0.25, 0.3) is 0 Å². The van der Waals surface area contributed by atoms with Gasteiger partial charge in [-0.25, -0.2) is 0 Å². The Balaban J connectivity index is 0.00000441.